The minimum Gasteiger partial charge on any atom is -0.378 e. The number of hydrogen-bond acceptors (Lipinski definition) is 6. The van der Waals surface area contributed by atoms with Gasteiger partial charge in [-0.25, -0.2) is 0 Å². The van der Waals surface area contributed by atoms with Crippen LogP contribution in [0, 0.1) is 0 Å². The molecule has 3 rings (SSSR count). The molecule has 0 aliphatic carbocycles. The number of carbonyl (C=O) groups excluding carboxylic acids is 2. The van der Waals surface area contributed by atoms with Crippen LogP contribution in [0.25, 0.3) is 0 Å². The number of amides is 2. The molecule has 3 heterocycles. The lowest BCUT2D eigenvalue weighted by molar-refractivity contribution is -0.137. The molecule has 0 unspecified atom stereocenters. The van der Waals surface area contributed by atoms with Crippen molar-refractivity contribution in [1.82, 2.24) is 20.0 Å². The van der Waals surface area contributed by atoms with E-state index in [9.17, 15) is 9.59 Å². The van der Waals surface area contributed by atoms with E-state index < -0.39 is 0 Å². The second-order valence-electron chi connectivity index (χ2n) is 6.72. The van der Waals surface area contributed by atoms with Crippen molar-refractivity contribution in [1.29, 1.82) is 0 Å². The van der Waals surface area contributed by atoms with Crippen LogP contribution in [0.3, 0.4) is 0 Å². The second kappa shape index (κ2) is 10.0. The molecule has 0 spiro atoms. The molecule has 2 saturated heterocycles. The zero-order valence-corrected chi connectivity index (χ0v) is 16.0. The van der Waals surface area contributed by atoms with Gasteiger partial charge < -0.3 is 15.0 Å². The topological polar surface area (TPSA) is 65.1 Å². The Morgan fingerprint density at radius 1 is 1.04 bits per heavy atom. The monoisotopic (exact) mass is 380 g/mol. The number of ether oxygens (including phenoxy) is 1. The maximum atomic E-state index is 12.3. The Labute approximate surface area is 158 Å². The summed E-state index contributed by atoms with van der Waals surface area (Å²) < 4.78 is 5.29. The summed E-state index contributed by atoms with van der Waals surface area (Å²) in [7, 11) is 0. The third-order valence-corrected chi connectivity index (χ3v) is 5.76. The summed E-state index contributed by atoms with van der Waals surface area (Å²) in [5.41, 5.74) is 0. The van der Waals surface area contributed by atoms with Crippen LogP contribution in [0.4, 0.5) is 0 Å². The summed E-state index contributed by atoms with van der Waals surface area (Å²) in [5.74, 6) is 0.271. The fourth-order valence-electron chi connectivity index (χ4n) is 3.25. The fourth-order valence-corrected chi connectivity index (χ4v) is 3.96. The van der Waals surface area contributed by atoms with Gasteiger partial charge in [0, 0.05) is 50.7 Å². The van der Waals surface area contributed by atoms with Gasteiger partial charge in [-0.1, -0.05) is 6.07 Å². The Bertz CT molecular complexity index is 567. The van der Waals surface area contributed by atoms with E-state index in [-0.39, 0.29) is 11.8 Å². The van der Waals surface area contributed by atoms with Crippen molar-refractivity contribution in [2.75, 3.05) is 72.1 Å². The Hall–Kier alpha value is -1.48. The van der Waals surface area contributed by atoms with E-state index in [0.29, 0.717) is 45.9 Å². The summed E-state index contributed by atoms with van der Waals surface area (Å²) in [6.07, 6.45) is 0.890. The van der Waals surface area contributed by atoms with Crippen molar-refractivity contribution in [2.24, 2.45) is 0 Å². The number of nitrogens with one attached hydrogen (secondary N) is 1. The lowest BCUT2D eigenvalue weighted by Crippen LogP contribution is -2.53. The van der Waals surface area contributed by atoms with Crippen LogP contribution in [0.5, 0.6) is 0 Å². The highest BCUT2D eigenvalue weighted by Gasteiger charge is 2.23. The van der Waals surface area contributed by atoms with Crippen LogP contribution in [0.1, 0.15) is 4.88 Å². The zero-order chi connectivity index (χ0) is 18.2. The Kier molecular flexibility index (Phi) is 7.43. The largest absolute Gasteiger partial charge is 0.378 e. The highest BCUT2D eigenvalue weighted by atomic mass is 32.1. The van der Waals surface area contributed by atoms with Gasteiger partial charge in [0.2, 0.25) is 11.8 Å². The molecule has 2 aliphatic rings. The number of hydrogen-bond donors (Lipinski definition) is 1. The minimum atomic E-state index is 0.0828. The van der Waals surface area contributed by atoms with Crippen LogP contribution < -0.4 is 5.32 Å². The average molecular weight is 381 g/mol. The number of thiophene rings is 1. The van der Waals surface area contributed by atoms with Crippen LogP contribution in [-0.2, 0) is 20.7 Å². The predicted octanol–water partition coefficient (Wildman–Crippen LogP) is -0.117. The summed E-state index contributed by atoms with van der Waals surface area (Å²) >= 11 is 1.72. The highest BCUT2D eigenvalue weighted by molar-refractivity contribution is 7.09. The van der Waals surface area contributed by atoms with Gasteiger partial charge in [0.15, 0.2) is 0 Å². The molecular weight excluding hydrogens is 352 g/mol. The number of nitrogens with zero attached hydrogens (tertiary/aromatic N) is 3. The summed E-state index contributed by atoms with van der Waals surface area (Å²) in [6, 6.07) is 4.12. The predicted molar refractivity (Wildman–Crippen MR) is 101 cm³/mol. The highest BCUT2D eigenvalue weighted by Crippen LogP contribution is 2.08. The van der Waals surface area contributed by atoms with E-state index >= 15 is 0 Å². The average Bonchev–Trinajstić information content (AvgIpc) is 3.17. The minimum absolute atomic E-state index is 0.0828. The zero-order valence-electron chi connectivity index (χ0n) is 15.2. The van der Waals surface area contributed by atoms with Gasteiger partial charge in [0.1, 0.15) is 0 Å². The first-order valence-corrected chi connectivity index (χ1v) is 10.2. The third kappa shape index (κ3) is 6.05. The van der Waals surface area contributed by atoms with Crippen molar-refractivity contribution in [3.05, 3.63) is 22.4 Å². The van der Waals surface area contributed by atoms with Crippen LogP contribution in [0.15, 0.2) is 17.5 Å². The lowest BCUT2D eigenvalue weighted by Gasteiger charge is -2.35. The van der Waals surface area contributed by atoms with Crippen molar-refractivity contribution < 1.29 is 14.3 Å². The molecule has 2 fully saturated rings. The van der Waals surface area contributed by atoms with E-state index in [0.717, 1.165) is 32.6 Å². The molecule has 1 N–H and O–H groups in total. The Balaban J connectivity index is 1.29. The molecule has 8 heteroatoms. The van der Waals surface area contributed by atoms with Crippen molar-refractivity contribution in [3.8, 4) is 0 Å². The van der Waals surface area contributed by atoms with Gasteiger partial charge in [0.25, 0.3) is 0 Å². The van der Waals surface area contributed by atoms with Crippen molar-refractivity contribution >= 4 is 23.2 Å². The van der Waals surface area contributed by atoms with E-state index in [1.165, 1.54) is 4.88 Å². The Morgan fingerprint density at radius 2 is 1.73 bits per heavy atom. The van der Waals surface area contributed by atoms with Gasteiger partial charge in [-0.05, 0) is 17.9 Å². The van der Waals surface area contributed by atoms with Gasteiger partial charge >= 0.3 is 0 Å². The molecule has 2 aliphatic heterocycles. The molecule has 0 aromatic carbocycles. The molecule has 0 atom stereocenters. The van der Waals surface area contributed by atoms with Gasteiger partial charge in [0.05, 0.1) is 26.3 Å². The lowest BCUT2D eigenvalue weighted by atomic mass is 10.3. The van der Waals surface area contributed by atoms with Crippen LogP contribution in [0.2, 0.25) is 0 Å². The van der Waals surface area contributed by atoms with E-state index in [1.807, 2.05) is 11.0 Å². The molecule has 7 nitrogen and oxygen atoms in total. The molecular formula is C18H28N4O3S. The molecule has 0 bridgehead atoms. The smallest absolute Gasteiger partial charge is 0.236 e. The number of rotatable bonds is 7. The molecule has 2 amide bonds. The normalized spacial score (nSPS) is 19.5. The maximum Gasteiger partial charge on any atom is 0.236 e. The second-order valence-corrected chi connectivity index (χ2v) is 7.76. The van der Waals surface area contributed by atoms with E-state index in [4.69, 9.17) is 4.74 Å². The van der Waals surface area contributed by atoms with Crippen LogP contribution in [-0.4, -0.2) is 98.6 Å². The van der Waals surface area contributed by atoms with Crippen molar-refractivity contribution in [3.63, 3.8) is 0 Å². The molecule has 144 valence electrons. The first kappa shape index (κ1) is 19.3. The quantitative estimate of drug-likeness (QED) is 0.715. The summed E-state index contributed by atoms with van der Waals surface area (Å²) in [5, 5.41) is 5.05. The molecule has 26 heavy (non-hydrogen) atoms. The van der Waals surface area contributed by atoms with Gasteiger partial charge in [-0.3, -0.25) is 19.4 Å². The first-order chi connectivity index (χ1) is 12.7. The van der Waals surface area contributed by atoms with Gasteiger partial charge in [-0.2, -0.15) is 0 Å². The first-order valence-electron chi connectivity index (χ1n) is 9.30. The molecule has 0 radical (unpaired) electrons. The van der Waals surface area contributed by atoms with Crippen LogP contribution >= 0.6 is 11.3 Å². The molecule has 1 aromatic heterocycles. The standard InChI is InChI=1S/C18H28N4O3S/c23-17(19-4-3-16-2-1-13-26-16)14-20-5-7-21(8-6-20)15-18(24)22-9-11-25-12-10-22/h1-2,13H,3-12,14-15H2,(H,19,23). The summed E-state index contributed by atoms with van der Waals surface area (Å²) in [6.45, 7) is 7.60. The number of piperazine rings is 1. The van der Waals surface area contributed by atoms with E-state index in [1.54, 1.807) is 11.3 Å². The van der Waals surface area contributed by atoms with E-state index in [2.05, 4.69) is 26.6 Å². The van der Waals surface area contributed by atoms with Crippen molar-refractivity contribution in [2.45, 2.75) is 6.42 Å². The summed E-state index contributed by atoms with van der Waals surface area (Å²) in [4.78, 5) is 31.9. The number of carbonyl (C=O) groups is 2. The number of morpholine rings is 1. The SMILES string of the molecule is O=C(CN1CCN(CC(=O)N2CCOCC2)CC1)NCCc1cccs1. The van der Waals surface area contributed by atoms with Gasteiger partial charge in [-0.15, -0.1) is 11.3 Å². The molecule has 0 saturated carbocycles. The fraction of sp³-hybridized carbons (Fsp3) is 0.667. The maximum absolute atomic E-state index is 12.3. The third-order valence-electron chi connectivity index (χ3n) is 4.83. The Morgan fingerprint density at radius 3 is 2.38 bits per heavy atom. The molecule has 1 aromatic rings.